The summed E-state index contributed by atoms with van der Waals surface area (Å²) in [4.78, 5) is 11.8. The van der Waals surface area contributed by atoms with E-state index in [0.29, 0.717) is 6.42 Å². The summed E-state index contributed by atoms with van der Waals surface area (Å²) in [5.74, 6) is 0.235. The minimum absolute atomic E-state index is 0.235. The van der Waals surface area contributed by atoms with Crippen molar-refractivity contribution in [2.24, 2.45) is 0 Å². The van der Waals surface area contributed by atoms with Crippen LogP contribution in [0.15, 0.2) is 54.6 Å². The summed E-state index contributed by atoms with van der Waals surface area (Å²) in [5, 5.41) is 0. The van der Waals surface area contributed by atoms with E-state index < -0.39 is 0 Å². The molecule has 0 fully saturated rings. The quantitative estimate of drug-likeness (QED) is 0.702. The van der Waals surface area contributed by atoms with Gasteiger partial charge in [-0.3, -0.25) is 4.79 Å². The van der Waals surface area contributed by atoms with Crippen LogP contribution in [0.2, 0.25) is 0 Å². The number of benzene rings is 1. The first-order valence-electron chi connectivity index (χ1n) is 6.47. The predicted octanol–water partition coefficient (Wildman–Crippen LogP) is 4.57. The number of rotatable bonds is 4. The maximum atomic E-state index is 11.8. The van der Waals surface area contributed by atoms with Crippen molar-refractivity contribution in [2.75, 3.05) is 0 Å². The summed E-state index contributed by atoms with van der Waals surface area (Å²) in [6.07, 6.45) is 12.9. The monoisotopic (exact) mass is 238 g/mol. The van der Waals surface area contributed by atoms with Crippen molar-refractivity contribution in [1.29, 1.82) is 0 Å². The van der Waals surface area contributed by atoms with Crippen LogP contribution in [0.5, 0.6) is 0 Å². The highest BCUT2D eigenvalue weighted by Crippen LogP contribution is 2.21. The fourth-order valence-corrected chi connectivity index (χ4v) is 2.03. The molecule has 1 aliphatic carbocycles. The van der Waals surface area contributed by atoms with Gasteiger partial charge in [0.2, 0.25) is 0 Å². The molecule has 0 heterocycles. The number of hydrogen-bond donors (Lipinski definition) is 0. The molecule has 1 aromatic rings. The molecule has 1 nitrogen and oxygen atoms in total. The van der Waals surface area contributed by atoms with Crippen molar-refractivity contribution in [3.05, 3.63) is 65.8 Å². The fraction of sp³-hybridized carbons (Fsp3) is 0.235. The van der Waals surface area contributed by atoms with Gasteiger partial charge in [0.25, 0.3) is 0 Å². The zero-order valence-electron chi connectivity index (χ0n) is 10.7. The maximum absolute atomic E-state index is 11.8. The lowest BCUT2D eigenvalue weighted by atomic mass is 9.99. The second-order valence-electron chi connectivity index (χ2n) is 4.46. The van der Waals surface area contributed by atoms with Gasteiger partial charge in [0, 0.05) is 12.0 Å². The van der Waals surface area contributed by atoms with Crippen molar-refractivity contribution in [3.63, 3.8) is 0 Å². The SMILES string of the molecule is CCCC(=O)c1ccc(C2=CC=CC=CC2)cc1. The van der Waals surface area contributed by atoms with Gasteiger partial charge < -0.3 is 0 Å². The minimum atomic E-state index is 0.235. The van der Waals surface area contributed by atoms with E-state index in [1.807, 2.05) is 37.3 Å². The number of carbonyl (C=O) groups is 1. The minimum Gasteiger partial charge on any atom is -0.294 e. The smallest absolute Gasteiger partial charge is 0.162 e. The first-order chi connectivity index (χ1) is 8.81. The van der Waals surface area contributed by atoms with Gasteiger partial charge >= 0.3 is 0 Å². The predicted molar refractivity (Wildman–Crippen MR) is 76.6 cm³/mol. The van der Waals surface area contributed by atoms with E-state index in [1.54, 1.807) is 0 Å². The van der Waals surface area contributed by atoms with Crippen LogP contribution < -0.4 is 0 Å². The summed E-state index contributed by atoms with van der Waals surface area (Å²) < 4.78 is 0. The third kappa shape index (κ3) is 3.07. The van der Waals surface area contributed by atoms with Crippen LogP contribution in [0.1, 0.15) is 42.1 Å². The van der Waals surface area contributed by atoms with Crippen LogP contribution in [0.4, 0.5) is 0 Å². The first kappa shape index (κ1) is 12.6. The number of Topliss-reactive ketones (excluding diaryl/α,β-unsaturated/α-hetero) is 1. The van der Waals surface area contributed by atoms with Crippen LogP contribution >= 0.6 is 0 Å². The number of allylic oxidation sites excluding steroid dienone is 6. The Morgan fingerprint density at radius 2 is 1.89 bits per heavy atom. The molecule has 0 amide bonds. The molecule has 1 aliphatic rings. The Labute approximate surface area is 109 Å². The Bertz CT molecular complexity index is 501. The molecule has 0 aliphatic heterocycles. The molecule has 0 saturated heterocycles. The van der Waals surface area contributed by atoms with Crippen LogP contribution in [-0.2, 0) is 0 Å². The summed E-state index contributed by atoms with van der Waals surface area (Å²) in [7, 11) is 0. The average molecular weight is 238 g/mol. The molecule has 0 spiro atoms. The molecular weight excluding hydrogens is 220 g/mol. The number of ketones is 1. The molecule has 18 heavy (non-hydrogen) atoms. The molecule has 0 saturated carbocycles. The molecule has 0 unspecified atom stereocenters. The highest BCUT2D eigenvalue weighted by molar-refractivity contribution is 5.96. The van der Waals surface area contributed by atoms with Crippen molar-refractivity contribution in [2.45, 2.75) is 26.2 Å². The third-order valence-electron chi connectivity index (χ3n) is 3.05. The maximum Gasteiger partial charge on any atom is 0.162 e. The Morgan fingerprint density at radius 1 is 1.11 bits per heavy atom. The molecule has 0 aromatic heterocycles. The summed E-state index contributed by atoms with van der Waals surface area (Å²) in [5.41, 5.74) is 3.30. The largest absolute Gasteiger partial charge is 0.294 e. The number of hydrogen-bond acceptors (Lipinski definition) is 1. The summed E-state index contributed by atoms with van der Waals surface area (Å²) in [6, 6.07) is 7.96. The van der Waals surface area contributed by atoms with Crippen LogP contribution in [0.3, 0.4) is 0 Å². The third-order valence-corrected chi connectivity index (χ3v) is 3.05. The molecule has 0 N–H and O–H groups in total. The van der Waals surface area contributed by atoms with E-state index in [4.69, 9.17) is 0 Å². The summed E-state index contributed by atoms with van der Waals surface area (Å²) in [6.45, 7) is 2.03. The van der Waals surface area contributed by atoms with E-state index in [0.717, 1.165) is 18.4 Å². The van der Waals surface area contributed by atoms with E-state index in [9.17, 15) is 4.79 Å². The first-order valence-corrected chi connectivity index (χ1v) is 6.47. The highest BCUT2D eigenvalue weighted by Gasteiger charge is 2.05. The fourth-order valence-electron chi connectivity index (χ4n) is 2.03. The van der Waals surface area contributed by atoms with E-state index in [-0.39, 0.29) is 5.78 Å². The molecule has 0 atom stereocenters. The van der Waals surface area contributed by atoms with Crippen LogP contribution in [0.25, 0.3) is 5.57 Å². The molecule has 0 bridgehead atoms. The zero-order valence-corrected chi connectivity index (χ0v) is 10.7. The van der Waals surface area contributed by atoms with Gasteiger partial charge in [0.15, 0.2) is 5.78 Å². The van der Waals surface area contributed by atoms with Crippen molar-refractivity contribution in [3.8, 4) is 0 Å². The molecule has 92 valence electrons. The lowest BCUT2D eigenvalue weighted by Gasteiger charge is -2.05. The second kappa shape index (κ2) is 6.15. The van der Waals surface area contributed by atoms with E-state index in [1.165, 1.54) is 11.1 Å². The van der Waals surface area contributed by atoms with Gasteiger partial charge in [-0.05, 0) is 24.0 Å². The van der Waals surface area contributed by atoms with Crippen molar-refractivity contribution in [1.82, 2.24) is 0 Å². The standard InChI is InChI=1S/C17H18O/c1-2-7-17(18)16-12-10-15(11-13-16)14-8-5-3-4-6-9-14/h3-6,8,10-13H,2,7,9H2,1H3. The van der Waals surface area contributed by atoms with Crippen LogP contribution in [0, 0.1) is 0 Å². The van der Waals surface area contributed by atoms with Gasteiger partial charge in [-0.15, -0.1) is 0 Å². The van der Waals surface area contributed by atoms with Gasteiger partial charge in [0.1, 0.15) is 0 Å². The Morgan fingerprint density at radius 3 is 2.61 bits per heavy atom. The lowest BCUT2D eigenvalue weighted by molar-refractivity contribution is 0.0982. The highest BCUT2D eigenvalue weighted by atomic mass is 16.1. The molecule has 0 radical (unpaired) electrons. The van der Waals surface area contributed by atoms with Gasteiger partial charge in [-0.2, -0.15) is 0 Å². The molecule has 1 heteroatoms. The summed E-state index contributed by atoms with van der Waals surface area (Å²) >= 11 is 0. The van der Waals surface area contributed by atoms with Gasteiger partial charge in [0.05, 0.1) is 0 Å². The van der Waals surface area contributed by atoms with Crippen molar-refractivity contribution < 1.29 is 4.79 Å². The van der Waals surface area contributed by atoms with E-state index in [2.05, 4.69) is 24.3 Å². The van der Waals surface area contributed by atoms with E-state index >= 15 is 0 Å². The zero-order chi connectivity index (χ0) is 12.8. The molecule has 2 rings (SSSR count). The molecular formula is C17H18O. The Hall–Kier alpha value is -1.89. The number of carbonyl (C=O) groups excluding carboxylic acids is 1. The molecule has 1 aromatic carbocycles. The average Bonchev–Trinajstić information content (AvgIpc) is 2.68. The second-order valence-corrected chi connectivity index (χ2v) is 4.46. The van der Waals surface area contributed by atoms with Crippen molar-refractivity contribution >= 4 is 11.4 Å². The van der Waals surface area contributed by atoms with Gasteiger partial charge in [-0.1, -0.05) is 61.6 Å². The Kier molecular flexibility index (Phi) is 4.30. The normalized spacial score (nSPS) is 14.2. The topological polar surface area (TPSA) is 17.1 Å². The van der Waals surface area contributed by atoms with Crippen LogP contribution in [-0.4, -0.2) is 5.78 Å². The van der Waals surface area contributed by atoms with Gasteiger partial charge in [-0.25, -0.2) is 0 Å². The Balaban J connectivity index is 2.17. The lowest BCUT2D eigenvalue weighted by Crippen LogP contribution is -1.97.